The summed E-state index contributed by atoms with van der Waals surface area (Å²) in [6.45, 7) is 3.20. The number of aromatic nitrogens is 1. The van der Waals surface area contributed by atoms with E-state index in [-0.39, 0.29) is 29.8 Å². The van der Waals surface area contributed by atoms with Crippen molar-refractivity contribution in [3.05, 3.63) is 35.8 Å². The maximum atomic E-state index is 13.2. The van der Waals surface area contributed by atoms with Crippen molar-refractivity contribution in [3.8, 4) is 0 Å². The lowest BCUT2D eigenvalue weighted by Crippen LogP contribution is -2.41. The van der Waals surface area contributed by atoms with E-state index in [2.05, 4.69) is 20.2 Å². The molecule has 2 aromatic rings. The molecule has 0 bridgehead atoms. The largest absolute Gasteiger partial charge is 0.379 e. The molecule has 1 aliphatic rings. The molecule has 1 fully saturated rings. The molecule has 1 saturated carbocycles. The Balaban J connectivity index is 0.00000243. The van der Waals surface area contributed by atoms with Gasteiger partial charge in [-0.05, 0) is 48.9 Å². The van der Waals surface area contributed by atoms with Crippen LogP contribution in [-0.2, 0) is 11.2 Å². The molecule has 0 atom stereocenters. The highest BCUT2D eigenvalue weighted by Gasteiger charge is 2.21. The van der Waals surface area contributed by atoms with E-state index in [1.807, 2.05) is 19.3 Å². The van der Waals surface area contributed by atoms with Gasteiger partial charge in [-0.2, -0.15) is 0 Å². The minimum Gasteiger partial charge on any atom is -0.379 e. The number of ether oxygens (including phenoxy) is 1. The second kappa shape index (κ2) is 10.1. The molecule has 1 aromatic heterocycles. The van der Waals surface area contributed by atoms with E-state index in [4.69, 9.17) is 4.74 Å². The van der Waals surface area contributed by atoms with Gasteiger partial charge in [0.15, 0.2) is 5.96 Å². The van der Waals surface area contributed by atoms with Crippen LogP contribution < -0.4 is 5.32 Å². The van der Waals surface area contributed by atoms with Crippen molar-refractivity contribution in [2.75, 3.05) is 40.4 Å². The van der Waals surface area contributed by atoms with Crippen LogP contribution in [-0.4, -0.2) is 56.2 Å². The topological polar surface area (TPSA) is 52.7 Å². The minimum atomic E-state index is -0.218. The zero-order valence-electron chi connectivity index (χ0n) is 15.4. The molecule has 0 aliphatic heterocycles. The van der Waals surface area contributed by atoms with E-state index in [9.17, 15) is 4.39 Å². The first-order chi connectivity index (χ1) is 12.2. The summed E-state index contributed by atoms with van der Waals surface area (Å²) in [5, 5.41) is 4.45. The summed E-state index contributed by atoms with van der Waals surface area (Å²) < 4.78 is 18.9. The standard InChI is InChI=1S/C19H27FN4O.HI/c1-21-19(24(2)9-10-25-13-14-3-4-14)22-8-7-15-12-23-18-11-16(20)5-6-17(15)18;/h5-6,11-12,14,23H,3-4,7-10,13H2,1-2H3,(H,21,22);1H. The number of fused-ring (bicyclic) bond motifs is 1. The number of hydrogen-bond acceptors (Lipinski definition) is 2. The van der Waals surface area contributed by atoms with Gasteiger partial charge in [-0.3, -0.25) is 4.99 Å². The smallest absolute Gasteiger partial charge is 0.193 e. The predicted molar refractivity (Wildman–Crippen MR) is 115 cm³/mol. The third-order valence-electron chi connectivity index (χ3n) is 4.60. The Hall–Kier alpha value is -1.35. The van der Waals surface area contributed by atoms with Crippen LogP contribution in [0.2, 0.25) is 0 Å². The van der Waals surface area contributed by atoms with Gasteiger partial charge < -0.3 is 19.9 Å². The minimum absolute atomic E-state index is 0. The van der Waals surface area contributed by atoms with Crippen LogP contribution in [0.25, 0.3) is 10.9 Å². The maximum absolute atomic E-state index is 13.2. The Morgan fingerprint density at radius 3 is 2.96 bits per heavy atom. The highest BCUT2D eigenvalue weighted by molar-refractivity contribution is 14.0. The fourth-order valence-corrected chi connectivity index (χ4v) is 2.90. The average Bonchev–Trinajstić information content (AvgIpc) is 3.35. The van der Waals surface area contributed by atoms with Gasteiger partial charge >= 0.3 is 0 Å². The monoisotopic (exact) mass is 474 g/mol. The normalized spacial score (nSPS) is 14.3. The number of likely N-dealkylation sites (N-methyl/N-ethyl adjacent to an activating group) is 1. The molecule has 0 spiro atoms. The average molecular weight is 474 g/mol. The Labute approximate surface area is 171 Å². The van der Waals surface area contributed by atoms with Crippen molar-refractivity contribution >= 4 is 40.8 Å². The van der Waals surface area contributed by atoms with Gasteiger partial charge in [0.1, 0.15) is 5.82 Å². The van der Waals surface area contributed by atoms with Gasteiger partial charge in [0.05, 0.1) is 6.61 Å². The number of rotatable bonds is 8. The first kappa shape index (κ1) is 21.0. The predicted octanol–water partition coefficient (Wildman–Crippen LogP) is 3.40. The van der Waals surface area contributed by atoms with Crippen molar-refractivity contribution < 1.29 is 9.13 Å². The van der Waals surface area contributed by atoms with Gasteiger partial charge in [-0.15, -0.1) is 24.0 Å². The molecule has 2 N–H and O–H groups in total. The van der Waals surface area contributed by atoms with Crippen molar-refractivity contribution in [3.63, 3.8) is 0 Å². The molecular formula is C19H28FIN4O. The Kier molecular flexibility index (Phi) is 8.15. The lowest BCUT2D eigenvalue weighted by atomic mass is 10.1. The van der Waals surface area contributed by atoms with Gasteiger partial charge in [0, 0.05) is 50.9 Å². The van der Waals surface area contributed by atoms with Crippen LogP contribution in [0, 0.1) is 11.7 Å². The Morgan fingerprint density at radius 2 is 2.23 bits per heavy atom. The molecular weight excluding hydrogens is 446 g/mol. The molecule has 7 heteroatoms. The number of hydrogen-bond donors (Lipinski definition) is 2. The molecule has 0 amide bonds. The summed E-state index contributed by atoms with van der Waals surface area (Å²) in [4.78, 5) is 9.53. The molecule has 26 heavy (non-hydrogen) atoms. The quantitative estimate of drug-likeness (QED) is 0.267. The summed E-state index contributed by atoms with van der Waals surface area (Å²) in [7, 11) is 3.81. The zero-order chi connectivity index (χ0) is 17.6. The highest BCUT2D eigenvalue weighted by Crippen LogP contribution is 2.28. The summed E-state index contributed by atoms with van der Waals surface area (Å²) in [5.41, 5.74) is 2.01. The van der Waals surface area contributed by atoms with Gasteiger partial charge in [-0.25, -0.2) is 4.39 Å². The van der Waals surface area contributed by atoms with E-state index >= 15 is 0 Å². The number of guanidine groups is 1. The lowest BCUT2D eigenvalue weighted by Gasteiger charge is -2.22. The number of benzene rings is 1. The first-order valence-electron chi connectivity index (χ1n) is 8.92. The highest BCUT2D eigenvalue weighted by atomic mass is 127. The van der Waals surface area contributed by atoms with Crippen molar-refractivity contribution in [1.82, 2.24) is 15.2 Å². The van der Waals surface area contributed by atoms with Gasteiger partial charge in [0.2, 0.25) is 0 Å². The molecule has 144 valence electrons. The molecule has 0 radical (unpaired) electrons. The number of aliphatic imine (C=N–C) groups is 1. The Bertz CT molecular complexity index is 729. The molecule has 5 nitrogen and oxygen atoms in total. The van der Waals surface area contributed by atoms with E-state index in [1.54, 1.807) is 7.05 Å². The number of aromatic amines is 1. The maximum Gasteiger partial charge on any atom is 0.193 e. The van der Waals surface area contributed by atoms with E-state index in [0.29, 0.717) is 0 Å². The second-order valence-corrected chi connectivity index (χ2v) is 6.67. The molecule has 1 aliphatic carbocycles. The van der Waals surface area contributed by atoms with Crippen LogP contribution in [0.3, 0.4) is 0 Å². The molecule has 1 heterocycles. The third kappa shape index (κ3) is 5.84. The van der Waals surface area contributed by atoms with Crippen LogP contribution in [0.5, 0.6) is 0 Å². The zero-order valence-corrected chi connectivity index (χ0v) is 17.8. The summed E-state index contributed by atoms with van der Waals surface area (Å²) >= 11 is 0. The lowest BCUT2D eigenvalue weighted by molar-refractivity contribution is 0.115. The molecule has 0 saturated heterocycles. The molecule has 1 aromatic carbocycles. The summed E-state index contributed by atoms with van der Waals surface area (Å²) in [6, 6.07) is 4.86. The first-order valence-corrected chi connectivity index (χ1v) is 8.92. The van der Waals surface area contributed by atoms with Crippen molar-refractivity contribution in [1.29, 1.82) is 0 Å². The Morgan fingerprint density at radius 1 is 1.42 bits per heavy atom. The van der Waals surface area contributed by atoms with Crippen LogP contribution in [0.1, 0.15) is 18.4 Å². The van der Waals surface area contributed by atoms with Crippen LogP contribution in [0.4, 0.5) is 4.39 Å². The SMILES string of the molecule is CN=C(NCCc1c[nH]c2cc(F)ccc12)N(C)CCOCC1CC1.I. The molecule has 0 unspecified atom stereocenters. The number of nitrogens with one attached hydrogen (secondary N) is 2. The van der Waals surface area contributed by atoms with Gasteiger partial charge in [0.25, 0.3) is 0 Å². The van der Waals surface area contributed by atoms with E-state index < -0.39 is 0 Å². The third-order valence-corrected chi connectivity index (χ3v) is 4.60. The van der Waals surface area contributed by atoms with E-state index in [1.165, 1.54) is 30.5 Å². The van der Waals surface area contributed by atoms with Gasteiger partial charge in [-0.1, -0.05) is 0 Å². The second-order valence-electron chi connectivity index (χ2n) is 6.67. The van der Waals surface area contributed by atoms with Crippen LogP contribution >= 0.6 is 24.0 Å². The van der Waals surface area contributed by atoms with Crippen molar-refractivity contribution in [2.24, 2.45) is 10.9 Å². The molecule has 3 rings (SSSR count). The summed E-state index contributed by atoms with van der Waals surface area (Å²) in [6.07, 6.45) is 5.43. The fourth-order valence-electron chi connectivity index (χ4n) is 2.90. The fraction of sp³-hybridized carbons (Fsp3) is 0.526. The number of nitrogens with zero attached hydrogens (tertiary/aromatic N) is 2. The van der Waals surface area contributed by atoms with E-state index in [0.717, 1.165) is 55.5 Å². The van der Waals surface area contributed by atoms with Crippen LogP contribution in [0.15, 0.2) is 29.4 Å². The summed E-state index contributed by atoms with van der Waals surface area (Å²) in [5.74, 6) is 1.44. The number of H-pyrrole nitrogens is 1. The van der Waals surface area contributed by atoms with Crippen molar-refractivity contribution in [2.45, 2.75) is 19.3 Å². The number of halogens is 2.